The number of carbonyl (C=O) groups excluding carboxylic acids is 2. The summed E-state index contributed by atoms with van der Waals surface area (Å²) in [7, 11) is 0. The van der Waals surface area contributed by atoms with Gasteiger partial charge in [-0.15, -0.1) is 0 Å². The van der Waals surface area contributed by atoms with Crippen LogP contribution in [0.4, 0.5) is 11.4 Å². The van der Waals surface area contributed by atoms with E-state index in [2.05, 4.69) is 48.7 Å². The molecule has 0 unspecified atom stereocenters. The van der Waals surface area contributed by atoms with Crippen LogP contribution in [-0.4, -0.2) is 11.8 Å². The van der Waals surface area contributed by atoms with Gasteiger partial charge in [0, 0.05) is 22.5 Å². The average molecular weight is 505 g/mol. The average Bonchev–Trinajstić information content (AvgIpc) is 2.83. The molecule has 4 rings (SSSR count). The van der Waals surface area contributed by atoms with Crippen LogP contribution in [0.1, 0.15) is 65.2 Å². The van der Waals surface area contributed by atoms with Crippen molar-refractivity contribution in [3.63, 3.8) is 0 Å². The van der Waals surface area contributed by atoms with Gasteiger partial charge in [-0.05, 0) is 112 Å². The monoisotopic (exact) mass is 504 g/mol. The van der Waals surface area contributed by atoms with Crippen LogP contribution in [0, 0.1) is 55.4 Å². The molecule has 4 aromatic carbocycles. The third-order valence-corrected chi connectivity index (χ3v) is 7.12. The van der Waals surface area contributed by atoms with Crippen molar-refractivity contribution in [3.05, 3.63) is 116 Å². The predicted molar refractivity (Wildman–Crippen MR) is 159 cm³/mol. The Hall–Kier alpha value is -4.18. The molecule has 38 heavy (non-hydrogen) atoms. The smallest absolute Gasteiger partial charge is 0.256 e. The van der Waals surface area contributed by atoms with Gasteiger partial charge in [0.15, 0.2) is 0 Å². The number of hydrogen-bond donors (Lipinski definition) is 2. The highest BCUT2D eigenvalue weighted by atomic mass is 16.2. The molecule has 0 spiro atoms. The molecule has 0 aliphatic carbocycles. The van der Waals surface area contributed by atoms with E-state index in [0.717, 1.165) is 67.0 Å². The molecule has 4 aromatic rings. The lowest BCUT2D eigenvalue weighted by atomic mass is 9.88. The molecule has 0 heterocycles. The maximum atomic E-state index is 13.7. The quantitative estimate of drug-likeness (QED) is 0.287. The van der Waals surface area contributed by atoms with Crippen molar-refractivity contribution in [2.24, 2.45) is 0 Å². The lowest BCUT2D eigenvalue weighted by Gasteiger charge is -2.20. The standard InChI is InChI=1S/C34H36N2O2/c1-19-15-23(5)31(24(6)16-19)35-33(37)27-13-9-11-21(3)29(27)30-22(4)12-10-14-28(30)34(38)36-32-25(7)17-20(2)18-26(32)8/h9-18H,1-8H3,(H,35,37)(H,36,38). The highest BCUT2D eigenvalue weighted by Crippen LogP contribution is 2.35. The third-order valence-electron chi connectivity index (χ3n) is 7.12. The number of carbonyl (C=O) groups is 2. The molecule has 0 saturated carbocycles. The van der Waals surface area contributed by atoms with Crippen LogP contribution in [0.15, 0.2) is 60.7 Å². The molecule has 2 N–H and O–H groups in total. The summed E-state index contributed by atoms with van der Waals surface area (Å²) in [4.78, 5) is 27.5. The molecule has 194 valence electrons. The largest absolute Gasteiger partial charge is 0.321 e. The van der Waals surface area contributed by atoms with Crippen molar-refractivity contribution in [1.29, 1.82) is 0 Å². The molecule has 0 fully saturated rings. The Morgan fingerprint density at radius 2 is 0.789 bits per heavy atom. The summed E-state index contributed by atoms with van der Waals surface area (Å²) >= 11 is 0. The van der Waals surface area contributed by atoms with Crippen LogP contribution in [-0.2, 0) is 0 Å². The van der Waals surface area contributed by atoms with E-state index in [-0.39, 0.29) is 11.8 Å². The van der Waals surface area contributed by atoms with E-state index in [0.29, 0.717) is 11.1 Å². The minimum absolute atomic E-state index is 0.196. The van der Waals surface area contributed by atoms with E-state index >= 15 is 0 Å². The van der Waals surface area contributed by atoms with Gasteiger partial charge >= 0.3 is 0 Å². The van der Waals surface area contributed by atoms with Gasteiger partial charge in [-0.3, -0.25) is 9.59 Å². The Kier molecular flexibility index (Phi) is 7.54. The Morgan fingerprint density at radius 1 is 0.474 bits per heavy atom. The number of aryl methyl sites for hydroxylation is 8. The fourth-order valence-electron chi connectivity index (χ4n) is 5.49. The van der Waals surface area contributed by atoms with E-state index in [1.807, 2.05) is 77.9 Å². The van der Waals surface area contributed by atoms with Gasteiger partial charge in [0.25, 0.3) is 11.8 Å². The summed E-state index contributed by atoms with van der Waals surface area (Å²) in [5.74, 6) is -0.392. The van der Waals surface area contributed by atoms with E-state index < -0.39 is 0 Å². The second kappa shape index (κ2) is 10.7. The summed E-state index contributed by atoms with van der Waals surface area (Å²) < 4.78 is 0. The topological polar surface area (TPSA) is 58.2 Å². The van der Waals surface area contributed by atoms with Gasteiger partial charge in [-0.25, -0.2) is 0 Å². The number of anilines is 2. The van der Waals surface area contributed by atoms with Crippen LogP contribution in [0.25, 0.3) is 11.1 Å². The van der Waals surface area contributed by atoms with Crippen LogP contribution in [0.3, 0.4) is 0 Å². The van der Waals surface area contributed by atoms with E-state index in [4.69, 9.17) is 0 Å². The first-order chi connectivity index (χ1) is 18.0. The fraction of sp³-hybridized carbons (Fsp3) is 0.235. The summed E-state index contributed by atoms with van der Waals surface area (Å²) in [6, 6.07) is 19.7. The zero-order chi connectivity index (χ0) is 27.7. The van der Waals surface area contributed by atoms with Crippen molar-refractivity contribution in [3.8, 4) is 11.1 Å². The zero-order valence-corrected chi connectivity index (χ0v) is 23.6. The molecule has 0 aromatic heterocycles. The molecule has 0 aliphatic heterocycles. The minimum atomic E-state index is -0.196. The van der Waals surface area contributed by atoms with Crippen LogP contribution >= 0.6 is 0 Å². The van der Waals surface area contributed by atoms with Gasteiger partial charge in [-0.2, -0.15) is 0 Å². The summed E-state index contributed by atoms with van der Waals surface area (Å²) in [6.07, 6.45) is 0. The highest BCUT2D eigenvalue weighted by molar-refractivity contribution is 6.14. The Morgan fingerprint density at radius 3 is 1.11 bits per heavy atom. The number of rotatable bonds is 5. The van der Waals surface area contributed by atoms with Crippen LogP contribution < -0.4 is 10.6 Å². The normalized spacial score (nSPS) is 10.8. The molecule has 0 atom stereocenters. The van der Waals surface area contributed by atoms with Gasteiger partial charge in [0.05, 0.1) is 0 Å². The van der Waals surface area contributed by atoms with Crippen LogP contribution in [0.2, 0.25) is 0 Å². The molecule has 0 aliphatic rings. The maximum absolute atomic E-state index is 13.7. The van der Waals surface area contributed by atoms with Gasteiger partial charge in [0.1, 0.15) is 0 Å². The SMILES string of the molecule is Cc1cc(C)c(NC(=O)c2cccc(C)c2-c2c(C)cccc2C(=O)Nc2c(C)cc(C)cc2C)c(C)c1. The summed E-state index contributed by atoms with van der Waals surface area (Å²) in [5.41, 5.74) is 12.5. The van der Waals surface area contributed by atoms with Crippen molar-refractivity contribution in [2.45, 2.75) is 55.4 Å². The Labute approximate surface area is 226 Å². The molecule has 0 bridgehead atoms. The third kappa shape index (κ3) is 5.26. The summed E-state index contributed by atoms with van der Waals surface area (Å²) in [5, 5.41) is 6.30. The molecule has 4 nitrogen and oxygen atoms in total. The first-order valence-electron chi connectivity index (χ1n) is 13.0. The van der Waals surface area contributed by atoms with Gasteiger partial charge < -0.3 is 10.6 Å². The lowest BCUT2D eigenvalue weighted by molar-refractivity contribution is 0.101. The first-order valence-corrected chi connectivity index (χ1v) is 13.0. The molecule has 4 heteroatoms. The van der Waals surface area contributed by atoms with Gasteiger partial charge in [-0.1, -0.05) is 59.7 Å². The molecule has 2 amide bonds. The maximum Gasteiger partial charge on any atom is 0.256 e. The molecule has 0 saturated heterocycles. The zero-order valence-electron chi connectivity index (χ0n) is 23.6. The Bertz CT molecular complexity index is 1410. The molecular formula is C34H36N2O2. The van der Waals surface area contributed by atoms with Crippen molar-refractivity contribution < 1.29 is 9.59 Å². The van der Waals surface area contributed by atoms with E-state index in [1.165, 1.54) is 0 Å². The molecule has 0 radical (unpaired) electrons. The first kappa shape index (κ1) is 26.9. The van der Waals surface area contributed by atoms with Crippen molar-refractivity contribution in [1.82, 2.24) is 0 Å². The number of nitrogens with one attached hydrogen (secondary N) is 2. The minimum Gasteiger partial charge on any atom is -0.321 e. The summed E-state index contributed by atoms with van der Waals surface area (Å²) in [6.45, 7) is 16.1. The highest BCUT2D eigenvalue weighted by Gasteiger charge is 2.23. The van der Waals surface area contributed by atoms with E-state index in [1.54, 1.807) is 0 Å². The second-order valence-corrected chi connectivity index (χ2v) is 10.5. The number of hydrogen-bond acceptors (Lipinski definition) is 2. The number of benzene rings is 4. The molecular weight excluding hydrogens is 468 g/mol. The Balaban J connectivity index is 1.81. The second-order valence-electron chi connectivity index (χ2n) is 10.5. The van der Waals surface area contributed by atoms with Crippen molar-refractivity contribution >= 4 is 23.2 Å². The van der Waals surface area contributed by atoms with E-state index in [9.17, 15) is 9.59 Å². The van der Waals surface area contributed by atoms with Crippen LogP contribution in [0.5, 0.6) is 0 Å². The van der Waals surface area contributed by atoms with Gasteiger partial charge in [0.2, 0.25) is 0 Å². The van der Waals surface area contributed by atoms with Crippen molar-refractivity contribution in [2.75, 3.05) is 10.6 Å². The predicted octanol–water partition coefficient (Wildman–Crippen LogP) is 8.33. The lowest BCUT2D eigenvalue weighted by Crippen LogP contribution is -2.18. The fourth-order valence-corrected chi connectivity index (χ4v) is 5.49. The number of amides is 2.